The summed E-state index contributed by atoms with van der Waals surface area (Å²) in [7, 11) is 1.62. The number of benzene rings is 3. The lowest BCUT2D eigenvalue weighted by molar-refractivity contribution is 0.251. The van der Waals surface area contributed by atoms with Crippen molar-refractivity contribution in [3.05, 3.63) is 84.4 Å². The van der Waals surface area contributed by atoms with E-state index in [9.17, 15) is 4.79 Å². The van der Waals surface area contributed by atoms with Crippen molar-refractivity contribution in [2.45, 2.75) is 6.54 Å². The Kier molecular flexibility index (Phi) is 4.97. The molecule has 3 aromatic carbocycles. The SMILES string of the molecule is COc1cccc(CNC(=O)Nc2cccc(-c3cc4ccccc4[nH]3)c2)c1. The summed E-state index contributed by atoms with van der Waals surface area (Å²) in [5.74, 6) is 0.769. The first-order valence-corrected chi connectivity index (χ1v) is 9.07. The smallest absolute Gasteiger partial charge is 0.319 e. The minimum absolute atomic E-state index is 0.253. The number of ether oxygens (including phenoxy) is 1. The Hall–Kier alpha value is -3.73. The molecule has 140 valence electrons. The van der Waals surface area contributed by atoms with E-state index in [4.69, 9.17) is 4.74 Å². The Morgan fingerprint density at radius 3 is 2.68 bits per heavy atom. The van der Waals surface area contributed by atoms with Gasteiger partial charge in [0.2, 0.25) is 0 Å². The van der Waals surface area contributed by atoms with Gasteiger partial charge in [0.15, 0.2) is 0 Å². The number of carbonyl (C=O) groups excluding carboxylic acids is 1. The highest BCUT2D eigenvalue weighted by atomic mass is 16.5. The van der Waals surface area contributed by atoms with Crippen molar-refractivity contribution in [1.82, 2.24) is 10.3 Å². The van der Waals surface area contributed by atoms with Gasteiger partial charge in [-0.3, -0.25) is 0 Å². The fourth-order valence-corrected chi connectivity index (χ4v) is 3.13. The maximum absolute atomic E-state index is 12.3. The molecule has 0 radical (unpaired) electrons. The number of aromatic amines is 1. The monoisotopic (exact) mass is 371 g/mol. The second-order valence-corrected chi connectivity index (χ2v) is 6.51. The number of anilines is 1. The number of para-hydroxylation sites is 1. The van der Waals surface area contributed by atoms with Crippen molar-refractivity contribution in [2.24, 2.45) is 0 Å². The van der Waals surface area contributed by atoms with E-state index in [1.165, 1.54) is 0 Å². The molecule has 0 fully saturated rings. The number of hydrogen-bond donors (Lipinski definition) is 3. The molecule has 4 rings (SSSR count). The third kappa shape index (κ3) is 3.99. The molecule has 0 unspecified atom stereocenters. The van der Waals surface area contributed by atoms with E-state index in [1.807, 2.05) is 66.7 Å². The van der Waals surface area contributed by atoms with Gasteiger partial charge >= 0.3 is 6.03 Å². The van der Waals surface area contributed by atoms with E-state index in [-0.39, 0.29) is 6.03 Å². The maximum atomic E-state index is 12.3. The van der Waals surface area contributed by atoms with Gasteiger partial charge in [-0.25, -0.2) is 4.79 Å². The second-order valence-electron chi connectivity index (χ2n) is 6.51. The van der Waals surface area contributed by atoms with Gasteiger partial charge in [0.1, 0.15) is 5.75 Å². The first-order valence-electron chi connectivity index (χ1n) is 9.07. The predicted octanol–water partition coefficient (Wildman–Crippen LogP) is 5.17. The molecule has 1 aromatic heterocycles. The highest BCUT2D eigenvalue weighted by molar-refractivity contribution is 5.91. The Morgan fingerprint density at radius 2 is 1.82 bits per heavy atom. The zero-order chi connectivity index (χ0) is 19.3. The number of amides is 2. The highest BCUT2D eigenvalue weighted by Gasteiger charge is 2.06. The van der Waals surface area contributed by atoms with E-state index in [2.05, 4.69) is 27.8 Å². The summed E-state index contributed by atoms with van der Waals surface area (Å²) >= 11 is 0. The lowest BCUT2D eigenvalue weighted by Gasteiger charge is -2.09. The van der Waals surface area contributed by atoms with E-state index in [0.29, 0.717) is 6.54 Å². The maximum Gasteiger partial charge on any atom is 0.319 e. The van der Waals surface area contributed by atoms with Crippen LogP contribution in [0.5, 0.6) is 5.75 Å². The molecule has 0 aliphatic rings. The van der Waals surface area contributed by atoms with Crippen LogP contribution in [0.25, 0.3) is 22.2 Å². The van der Waals surface area contributed by atoms with Crippen LogP contribution >= 0.6 is 0 Å². The molecule has 3 N–H and O–H groups in total. The number of fused-ring (bicyclic) bond motifs is 1. The molecule has 4 aromatic rings. The lowest BCUT2D eigenvalue weighted by Crippen LogP contribution is -2.28. The molecule has 0 bridgehead atoms. The van der Waals surface area contributed by atoms with Crippen LogP contribution in [0.3, 0.4) is 0 Å². The summed E-state index contributed by atoms with van der Waals surface area (Å²) in [6, 6.07) is 25.4. The van der Waals surface area contributed by atoms with Crippen LogP contribution < -0.4 is 15.4 Å². The van der Waals surface area contributed by atoms with Gasteiger partial charge in [-0.1, -0.05) is 42.5 Å². The highest BCUT2D eigenvalue weighted by Crippen LogP contribution is 2.26. The third-order valence-corrected chi connectivity index (χ3v) is 4.55. The minimum Gasteiger partial charge on any atom is -0.497 e. The zero-order valence-electron chi connectivity index (χ0n) is 15.5. The zero-order valence-corrected chi connectivity index (χ0v) is 15.5. The molecule has 28 heavy (non-hydrogen) atoms. The van der Waals surface area contributed by atoms with Crippen molar-refractivity contribution in [2.75, 3.05) is 12.4 Å². The van der Waals surface area contributed by atoms with Crippen molar-refractivity contribution in [3.63, 3.8) is 0 Å². The summed E-state index contributed by atoms with van der Waals surface area (Å²) in [5, 5.41) is 6.91. The van der Waals surface area contributed by atoms with Gasteiger partial charge in [-0.2, -0.15) is 0 Å². The molecular formula is C23H21N3O2. The topological polar surface area (TPSA) is 66.2 Å². The van der Waals surface area contributed by atoms with Crippen LogP contribution in [0.2, 0.25) is 0 Å². The van der Waals surface area contributed by atoms with Gasteiger partial charge in [-0.05, 0) is 42.0 Å². The molecule has 0 saturated heterocycles. The number of urea groups is 1. The summed E-state index contributed by atoms with van der Waals surface area (Å²) in [4.78, 5) is 15.7. The first-order chi connectivity index (χ1) is 13.7. The van der Waals surface area contributed by atoms with Crippen molar-refractivity contribution in [1.29, 1.82) is 0 Å². The van der Waals surface area contributed by atoms with E-state index < -0.39 is 0 Å². The van der Waals surface area contributed by atoms with Gasteiger partial charge < -0.3 is 20.4 Å². The van der Waals surface area contributed by atoms with Gasteiger partial charge in [0.25, 0.3) is 0 Å². The standard InChI is InChI=1S/C23H21N3O2/c1-28-20-10-4-6-16(12-20)15-24-23(27)25-19-9-5-8-17(13-19)22-14-18-7-2-3-11-21(18)26-22/h2-14,26H,15H2,1H3,(H2,24,25,27). The molecule has 0 aliphatic heterocycles. The summed E-state index contributed by atoms with van der Waals surface area (Å²) in [6.07, 6.45) is 0. The summed E-state index contributed by atoms with van der Waals surface area (Å²) in [5.41, 5.74) is 4.83. The number of aromatic nitrogens is 1. The van der Waals surface area contributed by atoms with Gasteiger partial charge in [0, 0.05) is 34.4 Å². The molecule has 2 amide bonds. The Morgan fingerprint density at radius 1 is 0.964 bits per heavy atom. The van der Waals surface area contributed by atoms with E-state index in [1.54, 1.807) is 7.11 Å². The van der Waals surface area contributed by atoms with Crippen molar-refractivity contribution < 1.29 is 9.53 Å². The average molecular weight is 371 g/mol. The van der Waals surface area contributed by atoms with Crippen LogP contribution in [0, 0.1) is 0 Å². The third-order valence-electron chi connectivity index (χ3n) is 4.55. The normalized spacial score (nSPS) is 10.6. The quantitative estimate of drug-likeness (QED) is 0.453. The molecule has 0 saturated carbocycles. The lowest BCUT2D eigenvalue weighted by atomic mass is 10.1. The first kappa shape index (κ1) is 17.7. The van der Waals surface area contributed by atoms with Gasteiger partial charge in [-0.15, -0.1) is 0 Å². The number of rotatable bonds is 5. The molecule has 0 spiro atoms. The van der Waals surface area contributed by atoms with Crippen LogP contribution in [0.15, 0.2) is 78.9 Å². The van der Waals surface area contributed by atoms with Crippen LogP contribution in [-0.4, -0.2) is 18.1 Å². The predicted molar refractivity (Wildman–Crippen MR) is 113 cm³/mol. The number of nitrogens with one attached hydrogen (secondary N) is 3. The molecule has 0 aliphatic carbocycles. The van der Waals surface area contributed by atoms with Crippen molar-refractivity contribution >= 4 is 22.6 Å². The van der Waals surface area contributed by atoms with Crippen LogP contribution in [0.4, 0.5) is 10.5 Å². The van der Waals surface area contributed by atoms with Gasteiger partial charge in [0.05, 0.1) is 7.11 Å². The largest absolute Gasteiger partial charge is 0.497 e. The number of H-pyrrole nitrogens is 1. The van der Waals surface area contributed by atoms with Crippen LogP contribution in [0.1, 0.15) is 5.56 Å². The second kappa shape index (κ2) is 7.88. The summed E-state index contributed by atoms with van der Waals surface area (Å²) < 4.78 is 5.20. The number of hydrogen-bond acceptors (Lipinski definition) is 2. The number of methoxy groups -OCH3 is 1. The van der Waals surface area contributed by atoms with E-state index >= 15 is 0 Å². The minimum atomic E-state index is -0.253. The molecule has 1 heterocycles. The molecular weight excluding hydrogens is 350 g/mol. The van der Waals surface area contributed by atoms with E-state index in [0.717, 1.165) is 39.2 Å². The fourth-order valence-electron chi connectivity index (χ4n) is 3.13. The Labute approximate surface area is 163 Å². The Bertz CT molecular complexity index is 1080. The number of carbonyl (C=O) groups is 1. The van der Waals surface area contributed by atoms with Crippen LogP contribution in [-0.2, 0) is 6.54 Å². The average Bonchev–Trinajstić information content (AvgIpc) is 3.17. The van der Waals surface area contributed by atoms with Crippen molar-refractivity contribution in [3.8, 4) is 17.0 Å². The molecule has 5 nitrogen and oxygen atoms in total. The summed E-state index contributed by atoms with van der Waals surface area (Å²) in [6.45, 7) is 0.421. The Balaban J connectivity index is 1.43. The fraction of sp³-hybridized carbons (Fsp3) is 0.0870. The molecule has 0 atom stereocenters. The molecule has 5 heteroatoms.